The fourth-order valence-electron chi connectivity index (χ4n) is 3.27. The second-order valence-electron chi connectivity index (χ2n) is 7.19. The van der Waals surface area contributed by atoms with E-state index in [0.29, 0.717) is 24.3 Å². The SMILES string of the molecule is CCCN(CCC)S(=O)(=O)c1ccc2[nH]cc(/C=N\NC(=S)Nc3cccc(F)c3)c2c1. The van der Waals surface area contributed by atoms with Gasteiger partial charge < -0.3 is 10.3 Å². The number of hydrogen-bond donors (Lipinski definition) is 3. The van der Waals surface area contributed by atoms with Gasteiger partial charge in [-0.2, -0.15) is 9.41 Å². The molecule has 0 bridgehead atoms. The maximum atomic E-state index is 13.3. The zero-order valence-electron chi connectivity index (χ0n) is 17.9. The second-order valence-corrected chi connectivity index (χ2v) is 9.54. The van der Waals surface area contributed by atoms with Crippen molar-refractivity contribution >= 4 is 50.2 Å². The van der Waals surface area contributed by atoms with E-state index in [1.165, 1.54) is 16.4 Å². The van der Waals surface area contributed by atoms with Gasteiger partial charge in [0.05, 0.1) is 11.1 Å². The lowest BCUT2D eigenvalue weighted by Crippen LogP contribution is -2.32. The van der Waals surface area contributed by atoms with Gasteiger partial charge >= 0.3 is 0 Å². The number of rotatable bonds is 9. The molecule has 2 aromatic carbocycles. The Morgan fingerprint density at radius 2 is 1.94 bits per heavy atom. The van der Waals surface area contributed by atoms with Gasteiger partial charge in [-0.15, -0.1) is 0 Å². The Labute approximate surface area is 192 Å². The van der Waals surface area contributed by atoms with Crippen LogP contribution >= 0.6 is 12.2 Å². The summed E-state index contributed by atoms with van der Waals surface area (Å²) in [7, 11) is -3.59. The summed E-state index contributed by atoms with van der Waals surface area (Å²) < 4.78 is 41.0. The van der Waals surface area contributed by atoms with Crippen LogP contribution in [0.15, 0.2) is 58.7 Å². The van der Waals surface area contributed by atoms with Crippen LogP contribution in [-0.4, -0.2) is 42.1 Å². The lowest BCUT2D eigenvalue weighted by Gasteiger charge is -2.21. The molecule has 3 rings (SSSR count). The molecule has 0 aliphatic carbocycles. The van der Waals surface area contributed by atoms with Gasteiger partial charge in [0.15, 0.2) is 5.11 Å². The van der Waals surface area contributed by atoms with E-state index in [2.05, 4.69) is 20.8 Å². The molecular formula is C22H26FN5O2S2. The van der Waals surface area contributed by atoms with Crippen molar-refractivity contribution in [2.24, 2.45) is 5.10 Å². The van der Waals surface area contributed by atoms with Gasteiger partial charge in [-0.3, -0.25) is 5.43 Å². The molecule has 0 spiro atoms. The summed E-state index contributed by atoms with van der Waals surface area (Å²) in [6.45, 7) is 4.88. The first-order valence-corrected chi connectivity index (χ1v) is 12.2. The van der Waals surface area contributed by atoms with Crippen LogP contribution in [0, 0.1) is 5.82 Å². The molecule has 0 unspecified atom stereocenters. The summed E-state index contributed by atoms with van der Waals surface area (Å²) in [5, 5.41) is 7.88. The zero-order chi connectivity index (χ0) is 23.1. The Morgan fingerprint density at radius 3 is 2.62 bits per heavy atom. The lowest BCUT2D eigenvalue weighted by atomic mass is 10.2. The zero-order valence-corrected chi connectivity index (χ0v) is 19.6. The molecule has 0 aliphatic heterocycles. The third-order valence-corrected chi connectivity index (χ3v) is 6.81. The minimum atomic E-state index is -3.59. The fourth-order valence-corrected chi connectivity index (χ4v) is 5.10. The van der Waals surface area contributed by atoms with Gasteiger partial charge in [0.2, 0.25) is 10.0 Å². The predicted octanol–water partition coefficient (Wildman–Crippen LogP) is 4.44. The number of hydrazone groups is 1. The highest BCUT2D eigenvalue weighted by Gasteiger charge is 2.23. The molecule has 1 aromatic heterocycles. The van der Waals surface area contributed by atoms with Crippen molar-refractivity contribution in [3.63, 3.8) is 0 Å². The molecule has 3 aromatic rings. The largest absolute Gasteiger partial charge is 0.361 e. The number of aromatic amines is 1. The Balaban J connectivity index is 1.77. The summed E-state index contributed by atoms with van der Waals surface area (Å²) in [5.41, 5.74) is 4.68. The van der Waals surface area contributed by atoms with Crippen LogP contribution in [-0.2, 0) is 10.0 Å². The predicted molar refractivity (Wildman–Crippen MR) is 131 cm³/mol. The first kappa shape index (κ1) is 23.8. The molecule has 1 heterocycles. The van der Waals surface area contributed by atoms with E-state index in [1.54, 1.807) is 42.7 Å². The van der Waals surface area contributed by atoms with Crippen molar-refractivity contribution < 1.29 is 12.8 Å². The maximum absolute atomic E-state index is 13.3. The van der Waals surface area contributed by atoms with E-state index in [-0.39, 0.29) is 15.8 Å². The highest BCUT2D eigenvalue weighted by molar-refractivity contribution is 7.89. The molecule has 0 saturated carbocycles. The fraction of sp³-hybridized carbons (Fsp3) is 0.273. The van der Waals surface area contributed by atoms with Crippen LogP contribution in [0.4, 0.5) is 10.1 Å². The van der Waals surface area contributed by atoms with E-state index < -0.39 is 10.0 Å². The number of hydrogen-bond acceptors (Lipinski definition) is 4. The van der Waals surface area contributed by atoms with Crippen LogP contribution in [0.5, 0.6) is 0 Å². The van der Waals surface area contributed by atoms with Crippen LogP contribution in [0.2, 0.25) is 0 Å². The molecule has 32 heavy (non-hydrogen) atoms. The number of aromatic nitrogens is 1. The smallest absolute Gasteiger partial charge is 0.243 e. The number of sulfonamides is 1. The molecule has 0 aliphatic rings. The average Bonchev–Trinajstić information content (AvgIpc) is 3.16. The monoisotopic (exact) mass is 475 g/mol. The van der Waals surface area contributed by atoms with Crippen molar-refractivity contribution in [1.82, 2.24) is 14.7 Å². The summed E-state index contributed by atoms with van der Waals surface area (Å²) in [6.07, 6.45) is 4.79. The third kappa shape index (κ3) is 5.70. The van der Waals surface area contributed by atoms with Crippen molar-refractivity contribution in [2.75, 3.05) is 18.4 Å². The number of benzene rings is 2. The first-order chi connectivity index (χ1) is 15.3. The third-order valence-electron chi connectivity index (χ3n) is 4.72. The van der Waals surface area contributed by atoms with Crippen LogP contribution in [0.1, 0.15) is 32.3 Å². The molecule has 0 radical (unpaired) electrons. The van der Waals surface area contributed by atoms with Crippen molar-refractivity contribution in [3.8, 4) is 0 Å². The Hall–Kier alpha value is -2.82. The molecule has 0 fully saturated rings. The van der Waals surface area contributed by atoms with Crippen LogP contribution in [0.3, 0.4) is 0 Å². The minimum Gasteiger partial charge on any atom is -0.361 e. The van der Waals surface area contributed by atoms with Crippen molar-refractivity contribution in [1.29, 1.82) is 0 Å². The van der Waals surface area contributed by atoms with Gasteiger partial charge in [-0.05, 0) is 61.5 Å². The van der Waals surface area contributed by atoms with Gasteiger partial charge in [-0.25, -0.2) is 12.8 Å². The number of H-pyrrole nitrogens is 1. The summed E-state index contributed by atoms with van der Waals surface area (Å²) >= 11 is 5.17. The average molecular weight is 476 g/mol. The normalized spacial score (nSPS) is 12.0. The standard InChI is InChI=1S/C22H26FN5O2S2/c1-3-10-28(11-4-2)32(29,30)19-8-9-21-20(13-19)16(14-24-21)15-25-27-22(31)26-18-7-5-6-17(23)12-18/h5-9,12-15,24H,3-4,10-11H2,1-2H3,(H2,26,27,31)/b25-15-. The van der Waals surface area contributed by atoms with Crippen molar-refractivity contribution in [3.05, 3.63) is 60.0 Å². The molecule has 170 valence electrons. The highest BCUT2D eigenvalue weighted by atomic mass is 32.2. The highest BCUT2D eigenvalue weighted by Crippen LogP contribution is 2.24. The number of thiocarbonyl (C=S) groups is 1. The topological polar surface area (TPSA) is 89.6 Å². The lowest BCUT2D eigenvalue weighted by molar-refractivity contribution is 0.410. The van der Waals surface area contributed by atoms with Gasteiger partial charge in [-0.1, -0.05) is 19.9 Å². The molecule has 7 nitrogen and oxygen atoms in total. The van der Waals surface area contributed by atoms with E-state index in [4.69, 9.17) is 12.2 Å². The number of nitrogens with one attached hydrogen (secondary N) is 3. The molecular weight excluding hydrogens is 449 g/mol. The van der Waals surface area contributed by atoms with E-state index in [0.717, 1.165) is 23.7 Å². The van der Waals surface area contributed by atoms with Gasteiger partial charge in [0.25, 0.3) is 0 Å². The molecule has 0 saturated heterocycles. The number of halogens is 1. The molecule has 3 N–H and O–H groups in total. The van der Waals surface area contributed by atoms with Crippen LogP contribution in [0.25, 0.3) is 10.9 Å². The number of anilines is 1. The Kier molecular flexibility index (Phi) is 7.94. The molecule has 0 atom stereocenters. The van der Waals surface area contributed by atoms with E-state index >= 15 is 0 Å². The summed E-state index contributed by atoms with van der Waals surface area (Å²) in [4.78, 5) is 3.36. The first-order valence-electron chi connectivity index (χ1n) is 10.3. The summed E-state index contributed by atoms with van der Waals surface area (Å²) in [6, 6.07) is 10.9. The Bertz CT molecular complexity index is 1220. The number of fused-ring (bicyclic) bond motifs is 1. The van der Waals surface area contributed by atoms with E-state index in [9.17, 15) is 12.8 Å². The van der Waals surface area contributed by atoms with Crippen molar-refractivity contribution in [2.45, 2.75) is 31.6 Å². The van der Waals surface area contributed by atoms with Gasteiger partial charge in [0.1, 0.15) is 5.82 Å². The Morgan fingerprint density at radius 1 is 1.19 bits per heavy atom. The van der Waals surface area contributed by atoms with Gasteiger partial charge in [0, 0.05) is 41.4 Å². The van der Waals surface area contributed by atoms with Crippen LogP contribution < -0.4 is 10.7 Å². The quantitative estimate of drug-likeness (QED) is 0.242. The second kappa shape index (κ2) is 10.7. The maximum Gasteiger partial charge on any atom is 0.243 e. The number of nitrogens with zero attached hydrogens (tertiary/aromatic N) is 2. The van der Waals surface area contributed by atoms with E-state index in [1.807, 2.05) is 13.8 Å². The molecule has 10 heteroatoms. The summed E-state index contributed by atoms with van der Waals surface area (Å²) in [5.74, 6) is -0.373. The minimum absolute atomic E-state index is 0.199. The molecule has 0 amide bonds.